The number of hydrogen-bond acceptors (Lipinski definition) is 3. The number of ether oxygens (including phenoxy) is 1. The lowest BCUT2D eigenvalue weighted by molar-refractivity contribution is 0.0128. The van der Waals surface area contributed by atoms with E-state index >= 15 is 0 Å². The van der Waals surface area contributed by atoms with Crippen LogP contribution in [-0.4, -0.2) is 35.7 Å². The third kappa shape index (κ3) is 3.41. The number of hydrogen-bond donors (Lipinski definition) is 1. The molecule has 0 bridgehead atoms. The van der Waals surface area contributed by atoms with Crippen LogP contribution < -0.4 is 5.73 Å². The van der Waals surface area contributed by atoms with E-state index in [0.29, 0.717) is 17.9 Å². The molecule has 1 amide bonds. The van der Waals surface area contributed by atoms with Gasteiger partial charge < -0.3 is 15.4 Å². The average molecular weight is 268 g/mol. The molecule has 0 aromatic carbocycles. The molecule has 1 aliphatic heterocycles. The molecule has 0 radical (unpaired) electrons. The van der Waals surface area contributed by atoms with Gasteiger partial charge in [0.25, 0.3) is 0 Å². The zero-order valence-corrected chi connectivity index (χ0v) is 12.5. The predicted molar refractivity (Wildman–Crippen MR) is 75.8 cm³/mol. The molecule has 1 aliphatic carbocycles. The van der Waals surface area contributed by atoms with Crippen molar-refractivity contribution in [1.29, 1.82) is 0 Å². The number of nitrogens with two attached hydrogens (primary N) is 1. The maximum Gasteiger partial charge on any atom is 0.410 e. The van der Waals surface area contributed by atoms with E-state index in [9.17, 15) is 4.79 Å². The summed E-state index contributed by atoms with van der Waals surface area (Å²) < 4.78 is 5.57. The number of carbonyl (C=O) groups is 1. The molecule has 0 spiro atoms. The number of rotatable bonds is 1. The monoisotopic (exact) mass is 268 g/mol. The van der Waals surface area contributed by atoms with Crippen LogP contribution in [0.1, 0.15) is 52.9 Å². The number of amides is 1. The van der Waals surface area contributed by atoms with Gasteiger partial charge in [0.1, 0.15) is 5.60 Å². The number of fused-ring (bicyclic) bond motifs is 1. The molecule has 0 aromatic heterocycles. The van der Waals surface area contributed by atoms with Crippen molar-refractivity contribution in [2.75, 3.05) is 13.1 Å². The quantitative estimate of drug-likeness (QED) is 0.795. The van der Waals surface area contributed by atoms with E-state index in [1.807, 2.05) is 25.7 Å². The van der Waals surface area contributed by atoms with Gasteiger partial charge in [-0.2, -0.15) is 0 Å². The minimum absolute atomic E-state index is 0.137. The van der Waals surface area contributed by atoms with E-state index in [4.69, 9.17) is 10.5 Å². The Kier molecular flexibility index (Phi) is 4.39. The fourth-order valence-electron chi connectivity index (χ4n) is 3.65. The van der Waals surface area contributed by atoms with E-state index in [2.05, 4.69) is 0 Å². The first-order valence-electron chi connectivity index (χ1n) is 7.62. The molecular formula is C15H28N2O2. The van der Waals surface area contributed by atoms with Gasteiger partial charge in [0.15, 0.2) is 0 Å². The van der Waals surface area contributed by atoms with Gasteiger partial charge in [0.2, 0.25) is 0 Å². The van der Waals surface area contributed by atoms with Crippen molar-refractivity contribution >= 4 is 6.09 Å². The van der Waals surface area contributed by atoms with Crippen LogP contribution in [0, 0.1) is 11.8 Å². The van der Waals surface area contributed by atoms with Crippen molar-refractivity contribution in [3.63, 3.8) is 0 Å². The van der Waals surface area contributed by atoms with Crippen LogP contribution in [0.15, 0.2) is 0 Å². The second-order valence-electron chi connectivity index (χ2n) is 6.97. The molecule has 1 heterocycles. The molecule has 2 fully saturated rings. The molecule has 2 rings (SSSR count). The third-order valence-electron chi connectivity index (χ3n) is 4.44. The maximum atomic E-state index is 12.4. The molecule has 4 nitrogen and oxygen atoms in total. The van der Waals surface area contributed by atoms with Gasteiger partial charge in [-0.15, -0.1) is 0 Å². The van der Waals surface area contributed by atoms with Crippen LogP contribution in [0.5, 0.6) is 0 Å². The summed E-state index contributed by atoms with van der Waals surface area (Å²) in [6, 6.07) is 0.353. The van der Waals surface area contributed by atoms with Crippen LogP contribution in [0.25, 0.3) is 0 Å². The van der Waals surface area contributed by atoms with Gasteiger partial charge in [0, 0.05) is 12.6 Å². The van der Waals surface area contributed by atoms with E-state index < -0.39 is 5.60 Å². The Hall–Kier alpha value is -0.770. The third-order valence-corrected chi connectivity index (χ3v) is 4.44. The lowest BCUT2D eigenvalue weighted by atomic mass is 9.86. The molecule has 110 valence electrons. The average Bonchev–Trinajstić information content (AvgIpc) is 2.69. The molecule has 3 unspecified atom stereocenters. The maximum absolute atomic E-state index is 12.4. The van der Waals surface area contributed by atoms with Crippen molar-refractivity contribution in [1.82, 2.24) is 4.90 Å². The molecule has 2 N–H and O–H groups in total. The summed E-state index contributed by atoms with van der Waals surface area (Å²) in [5, 5.41) is 0. The molecule has 3 atom stereocenters. The highest BCUT2D eigenvalue weighted by molar-refractivity contribution is 5.68. The summed E-state index contributed by atoms with van der Waals surface area (Å²) in [4.78, 5) is 14.4. The fraction of sp³-hybridized carbons (Fsp3) is 0.933. The predicted octanol–water partition coefficient (Wildman–Crippen LogP) is 2.76. The van der Waals surface area contributed by atoms with E-state index in [0.717, 1.165) is 32.4 Å². The van der Waals surface area contributed by atoms with E-state index in [-0.39, 0.29) is 6.09 Å². The molecule has 4 heteroatoms. The van der Waals surface area contributed by atoms with Gasteiger partial charge in [-0.25, -0.2) is 4.79 Å². The van der Waals surface area contributed by atoms with Gasteiger partial charge in [0.05, 0.1) is 0 Å². The molecule has 2 aliphatic rings. The minimum Gasteiger partial charge on any atom is -0.444 e. The molecular weight excluding hydrogens is 240 g/mol. The fourth-order valence-corrected chi connectivity index (χ4v) is 3.65. The van der Waals surface area contributed by atoms with Crippen molar-refractivity contribution in [2.24, 2.45) is 17.6 Å². The highest BCUT2D eigenvalue weighted by atomic mass is 16.6. The molecule has 0 aromatic rings. The summed E-state index contributed by atoms with van der Waals surface area (Å²) in [5.41, 5.74) is 5.51. The number of nitrogens with zero attached hydrogens (tertiary/aromatic N) is 1. The van der Waals surface area contributed by atoms with Crippen molar-refractivity contribution in [3.8, 4) is 0 Å². The van der Waals surface area contributed by atoms with Crippen molar-refractivity contribution in [2.45, 2.75) is 64.5 Å². The highest BCUT2D eigenvalue weighted by Crippen LogP contribution is 2.39. The summed E-state index contributed by atoms with van der Waals surface area (Å²) >= 11 is 0. The molecule has 19 heavy (non-hydrogen) atoms. The van der Waals surface area contributed by atoms with Crippen LogP contribution in [-0.2, 0) is 4.74 Å². The minimum atomic E-state index is -0.412. The lowest BCUT2D eigenvalue weighted by Gasteiger charge is -2.34. The van der Waals surface area contributed by atoms with Gasteiger partial charge in [-0.3, -0.25) is 0 Å². The largest absolute Gasteiger partial charge is 0.444 e. The second-order valence-corrected chi connectivity index (χ2v) is 6.97. The normalized spacial score (nSPS) is 31.8. The van der Waals surface area contributed by atoms with E-state index in [1.54, 1.807) is 0 Å². The Labute approximate surface area is 116 Å². The Balaban J connectivity index is 2.10. The first-order valence-corrected chi connectivity index (χ1v) is 7.62. The standard InChI is InChI=1S/C15H28N2O2/c1-15(2,3)19-14(18)17-9-5-6-11(10-16)12-7-4-8-13(12)17/h11-13H,4-10,16H2,1-3H3. The van der Waals surface area contributed by atoms with Gasteiger partial charge in [-0.05, 0) is 64.8 Å². The summed E-state index contributed by atoms with van der Waals surface area (Å²) in [5.74, 6) is 1.17. The Bertz CT molecular complexity index is 325. The zero-order chi connectivity index (χ0) is 14.0. The smallest absolute Gasteiger partial charge is 0.410 e. The van der Waals surface area contributed by atoms with Crippen LogP contribution in [0.2, 0.25) is 0 Å². The van der Waals surface area contributed by atoms with Gasteiger partial charge in [-0.1, -0.05) is 6.42 Å². The Morgan fingerprint density at radius 1 is 1.26 bits per heavy atom. The van der Waals surface area contributed by atoms with Crippen molar-refractivity contribution in [3.05, 3.63) is 0 Å². The Morgan fingerprint density at radius 3 is 2.63 bits per heavy atom. The van der Waals surface area contributed by atoms with Crippen molar-refractivity contribution < 1.29 is 9.53 Å². The van der Waals surface area contributed by atoms with Crippen LogP contribution in [0.3, 0.4) is 0 Å². The highest BCUT2D eigenvalue weighted by Gasteiger charge is 2.41. The number of likely N-dealkylation sites (tertiary alicyclic amines) is 1. The zero-order valence-electron chi connectivity index (χ0n) is 12.5. The summed E-state index contributed by atoms with van der Waals surface area (Å²) in [7, 11) is 0. The van der Waals surface area contributed by atoms with Gasteiger partial charge >= 0.3 is 6.09 Å². The summed E-state index contributed by atoms with van der Waals surface area (Å²) in [6.07, 6.45) is 5.60. The van der Waals surface area contributed by atoms with E-state index in [1.165, 1.54) is 12.8 Å². The lowest BCUT2D eigenvalue weighted by Crippen LogP contribution is -2.45. The first-order chi connectivity index (χ1) is 8.92. The molecule has 1 saturated carbocycles. The second kappa shape index (κ2) is 5.70. The SMILES string of the molecule is CC(C)(C)OC(=O)N1CCCC(CN)C2CCCC21. The Morgan fingerprint density at radius 2 is 2.00 bits per heavy atom. The van der Waals surface area contributed by atoms with Crippen LogP contribution in [0.4, 0.5) is 4.79 Å². The van der Waals surface area contributed by atoms with Crippen LogP contribution >= 0.6 is 0 Å². The topological polar surface area (TPSA) is 55.6 Å². The first kappa shape index (κ1) is 14.6. The molecule has 1 saturated heterocycles. The summed E-state index contributed by atoms with van der Waals surface area (Å²) in [6.45, 7) is 7.36. The number of carbonyl (C=O) groups excluding carboxylic acids is 1.